The molecule has 3 rings (SSSR count). The Bertz CT molecular complexity index is 338. The molecule has 1 N–H and O–H groups in total. The first-order chi connectivity index (χ1) is 9.56. The van der Waals surface area contributed by atoms with Crippen LogP contribution in [-0.2, 0) is 4.74 Å². The highest BCUT2D eigenvalue weighted by atomic mass is 16.5. The first-order valence-corrected chi connectivity index (χ1v) is 8.67. The molecule has 3 nitrogen and oxygen atoms in total. The van der Waals surface area contributed by atoms with Crippen molar-refractivity contribution in [3.63, 3.8) is 0 Å². The zero-order chi connectivity index (χ0) is 14.2. The summed E-state index contributed by atoms with van der Waals surface area (Å²) in [5.74, 6) is 0.903. The van der Waals surface area contributed by atoms with Crippen molar-refractivity contribution >= 4 is 0 Å². The Hall–Kier alpha value is -0.120. The molecule has 0 radical (unpaired) electrons. The Morgan fingerprint density at radius 3 is 2.60 bits per heavy atom. The smallest absolute Gasteiger partial charge is 0.0702 e. The normalized spacial score (nSPS) is 43.6. The third-order valence-corrected chi connectivity index (χ3v) is 6.07. The minimum atomic E-state index is 0.281. The fourth-order valence-corrected chi connectivity index (χ4v) is 3.98. The van der Waals surface area contributed by atoms with Crippen molar-refractivity contribution in [1.29, 1.82) is 0 Å². The first kappa shape index (κ1) is 14.8. The van der Waals surface area contributed by atoms with Gasteiger partial charge >= 0.3 is 0 Å². The van der Waals surface area contributed by atoms with Gasteiger partial charge in [0.2, 0.25) is 0 Å². The van der Waals surface area contributed by atoms with Gasteiger partial charge in [0.05, 0.1) is 6.10 Å². The fourth-order valence-electron chi connectivity index (χ4n) is 3.98. The van der Waals surface area contributed by atoms with Crippen molar-refractivity contribution in [2.75, 3.05) is 26.2 Å². The molecule has 2 aliphatic heterocycles. The number of piperazine rings is 1. The molecule has 2 heterocycles. The van der Waals surface area contributed by atoms with Gasteiger partial charge < -0.3 is 10.1 Å². The molecule has 3 atom stereocenters. The number of rotatable bonds is 4. The van der Waals surface area contributed by atoms with Gasteiger partial charge in [-0.05, 0) is 58.3 Å². The molecular weight excluding hydrogens is 248 g/mol. The van der Waals surface area contributed by atoms with Crippen LogP contribution in [0.4, 0.5) is 0 Å². The molecule has 3 aliphatic rings. The summed E-state index contributed by atoms with van der Waals surface area (Å²) < 4.78 is 6.01. The van der Waals surface area contributed by atoms with Crippen LogP contribution in [0.1, 0.15) is 59.3 Å². The Morgan fingerprint density at radius 1 is 1.20 bits per heavy atom. The minimum Gasteiger partial charge on any atom is -0.377 e. The molecule has 0 aromatic carbocycles. The maximum Gasteiger partial charge on any atom is 0.0702 e. The standard InChI is InChI=1S/C17H32N2O/c1-4-16(2)13-19(11-15-7-5-6-10-20-15)17(3,12-18-16)14-8-9-14/h14-15,18H,4-13H2,1-3H3. The lowest BCUT2D eigenvalue weighted by atomic mass is 9.83. The van der Waals surface area contributed by atoms with Crippen LogP contribution in [0.25, 0.3) is 0 Å². The van der Waals surface area contributed by atoms with Gasteiger partial charge in [-0.3, -0.25) is 4.90 Å². The zero-order valence-electron chi connectivity index (χ0n) is 13.6. The fraction of sp³-hybridized carbons (Fsp3) is 1.00. The summed E-state index contributed by atoms with van der Waals surface area (Å²) in [5.41, 5.74) is 0.637. The van der Waals surface area contributed by atoms with Gasteiger partial charge in [-0.1, -0.05) is 6.92 Å². The van der Waals surface area contributed by atoms with E-state index in [1.165, 1.54) is 45.1 Å². The predicted octanol–water partition coefficient (Wildman–Crippen LogP) is 2.80. The average Bonchev–Trinajstić information content (AvgIpc) is 3.29. The third-order valence-electron chi connectivity index (χ3n) is 6.07. The summed E-state index contributed by atoms with van der Waals surface area (Å²) in [7, 11) is 0. The maximum absolute atomic E-state index is 6.01. The zero-order valence-corrected chi connectivity index (χ0v) is 13.6. The third kappa shape index (κ3) is 2.90. The minimum absolute atomic E-state index is 0.281. The van der Waals surface area contributed by atoms with Gasteiger partial charge in [-0.15, -0.1) is 0 Å². The summed E-state index contributed by atoms with van der Waals surface area (Å²) in [4.78, 5) is 2.78. The molecule has 0 bridgehead atoms. The van der Waals surface area contributed by atoms with E-state index in [0.29, 0.717) is 11.6 Å². The number of ether oxygens (including phenoxy) is 1. The molecule has 20 heavy (non-hydrogen) atoms. The number of hydrogen-bond donors (Lipinski definition) is 1. The number of nitrogens with one attached hydrogen (secondary N) is 1. The van der Waals surface area contributed by atoms with Crippen molar-refractivity contribution in [2.45, 2.75) is 76.5 Å². The summed E-state index contributed by atoms with van der Waals surface area (Å²) >= 11 is 0. The molecule has 116 valence electrons. The van der Waals surface area contributed by atoms with Gasteiger partial charge in [0.15, 0.2) is 0 Å². The van der Waals surface area contributed by atoms with Crippen LogP contribution in [0.5, 0.6) is 0 Å². The van der Waals surface area contributed by atoms with E-state index in [2.05, 4.69) is 31.0 Å². The monoisotopic (exact) mass is 280 g/mol. The molecule has 0 spiro atoms. The second-order valence-electron chi connectivity index (χ2n) is 7.77. The second-order valence-corrected chi connectivity index (χ2v) is 7.77. The van der Waals surface area contributed by atoms with Crippen LogP contribution in [-0.4, -0.2) is 48.3 Å². The Kier molecular flexibility index (Phi) is 4.13. The Morgan fingerprint density at radius 2 is 2.00 bits per heavy atom. The number of nitrogens with zero attached hydrogens (tertiary/aromatic N) is 1. The molecule has 0 aromatic heterocycles. The second kappa shape index (κ2) is 5.58. The van der Waals surface area contributed by atoms with E-state index < -0.39 is 0 Å². The molecule has 1 aliphatic carbocycles. The van der Waals surface area contributed by atoms with Crippen LogP contribution < -0.4 is 5.32 Å². The number of hydrogen-bond acceptors (Lipinski definition) is 3. The van der Waals surface area contributed by atoms with Crippen LogP contribution in [0, 0.1) is 5.92 Å². The van der Waals surface area contributed by atoms with E-state index >= 15 is 0 Å². The topological polar surface area (TPSA) is 24.5 Å². The van der Waals surface area contributed by atoms with Gasteiger partial charge in [0.1, 0.15) is 0 Å². The largest absolute Gasteiger partial charge is 0.377 e. The van der Waals surface area contributed by atoms with Crippen LogP contribution >= 0.6 is 0 Å². The SMILES string of the molecule is CCC1(C)CN(CC2CCCCO2)C(C)(C2CC2)CN1. The summed E-state index contributed by atoms with van der Waals surface area (Å²) in [6.07, 6.45) is 8.38. The molecular formula is C17H32N2O. The lowest BCUT2D eigenvalue weighted by molar-refractivity contribution is -0.0589. The van der Waals surface area contributed by atoms with E-state index in [9.17, 15) is 0 Å². The average molecular weight is 280 g/mol. The lowest BCUT2D eigenvalue weighted by Gasteiger charge is -2.53. The molecule has 2 saturated heterocycles. The molecule has 3 unspecified atom stereocenters. The Balaban J connectivity index is 1.70. The van der Waals surface area contributed by atoms with E-state index in [4.69, 9.17) is 4.74 Å². The molecule has 3 heteroatoms. The van der Waals surface area contributed by atoms with Crippen molar-refractivity contribution in [3.8, 4) is 0 Å². The molecule has 0 amide bonds. The van der Waals surface area contributed by atoms with E-state index in [-0.39, 0.29) is 5.54 Å². The van der Waals surface area contributed by atoms with Gasteiger partial charge in [0, 0.05) is 37.3 Å². The van der Waals surface area contributed by atoms with Crippen LogP contribution in [0.2, 0.25) is 0 Å². The van der Waals surface area contributed by atoms with Crippen LogP contribution in [0.15, 0.2) is 0 Å². The van der Waals surface area contributed by atoms with Gasteiger partial charge in [-0.25, -0.2) is 0 Å². The highest BCUT2D eigenvalue weighted by Gasteiger charge is 2.50. The van der Waals surface area contributed by atoms with E-state index in [1.807, 2.05) is 0 Å². The van der Waals surface area contributed by atoms with Crippen LogP contribution in [0.3, 0.4) is 0 Å². The summed E-state index contributed by atoms with van der Waals surface area (Å²) in [6.45, 7) is 11.6. The predicted molar refractivity (Wildman–Crippen MR) is 83.0 cm³/mol. The molecule has 1 saturated carbocycles. The van der Waals surface area contributed by atoms with Gasteiger partial charge in [0.25, 0.3) is 0 Å². The first-order valence-electron chi connectivity index (χ1n) is 8.67. The summed E-state index contributed by atoms with van der Waals surface area (Å²) in [6, 6.07) is 0. The van der Waals surface area contributed by atoms with Crippen molar-refractivity contribution in [2.24, 2.45) is 5.92 Å². The highest BCUT2D eigenvalue weighted by Crippen LogP contribution is 2.45. The van der Waals surface area contributed by atoms with Gasteiger partial charge in [-0.2, -0.15) is 0 Å². The van der Waals surface area contributed by atoms with Crippen molar-refractivity contribution in [1.82, 2.24) is 10.2 Å². The lowest BCUT2D eigenvalue weighted by Crippen LogP contribution is -2.69. The Labute approximate surface area is 124 Å². The highest BCUT2D eigenvalue weighted by molar-refractivity contribution is 5.08. The van der Waals surface area contributed by atoms with Crippen molar-refractivity contribution < 1.29 is 4.74 Å². The molecule has 0 aromatic rings. The maximum atomic E-state index is 6.01. The van der Waals surface area contributed by atoms with Crippen molar-refractivity contribution in [3.05, 3.63) is 0 Å². The van der Waals surface area contributed by atoms with E-state index in [1.54, 1.807) is 0 Å². The molecule has 3 fully saturated rings. The summed E-state index contributed by atoms with van der Waals surface area (Å²) in [5, 5.41) is 3.84. The van der Waals surface area contributed by atoms with E-state index in [0.717, 1.165) is 25.6 Å². The quantitative estimate of drug-likeness (QED) is 0.857.